The molecule has 112 valence electrons. The molecule has 1 aromatic carbocycles. The van der Waals surface area contributed by atoms with Crippen molar-refractivity contribution in [3.05, 3.63) is 40.8 Å². The molecular formula is C12H12ClN3O4S. The second-order valence-corrected chi connectivity index (χ2v) is 6.35. The van der Waals surface area contributed by atoms with Gasteiger partial charge in [-0.3, -0.25) is 4.72 Å². The first kappa shape index (κ1) is 15.3. The quantitative estimate of drug-likeness (QED) is 0.891. The molecule has 0 bridgehead atoms. The second-order valence-electron chi connectivity index (χ2n) is 4.39. The second kappa shape index (κ2) is 5.38. The zero-order valence-electron chi connectivity index (χ0n) is 11.2. The van der Waals surface area contributed by atoms with Gasteiger partial charge in [0.15, 0.2) is 0 Å². The molecule has 0 aliphatic carbocycles. The minimum atomic E-state index is -3.99. The number of nitrogens with zero attached hydrogens (tertiary/aromatic N) is 2. The molecule has 7 nitrogen and oxygen atoms in total. The van der Waals surface area contributed by atoms with E-state index < -0.39 is 16.0 Å². The molecule has 9 heteroatoms. The van der Waals surface area contributed by atoms with E-state index in [1.807, 2.05) is 0 Å². The summed E-state index contributed by atoms with van der Waals surface area (Å²) in [5.74, 6) is -1.15. The first-order valence-electron chi connectivity index (χ1n) is 5.76. The van der Waals surface area contributed by atoms with Gasteiger partial charge in [0.25, 0.3) is 10.0 Å². The molecule has 2 aromatic rings. The van der Waals surface area contributed by atoms with Gasteiger partial charge in [-0.05, 0) is 24.6 Å². The molecule has 0 saturated heterocycles. The molecule has 2 rings (SSSR count). The number of hydrogen-bond acceptors (Lipinski definition) is 4. The van der Waals surface area contributed by atoms with E-state index in [2.05, 4.69) is 9.71 Å². The number of halogens is 1. The Morgan fingerprint density at radius 3 is 2.62 bits per heavy atom. The third-order valence-electron chi connectivity index (χ3n) is 2.82. The van der Waals surface area contributed by atoms with E-state index in [0.29, 0.717) is 5.56 Å². The third kappa shape index (κ3) is 3.01. The molecule has 1 aromatic heterocycles. The zero-order chi connectivity index (χ0) is 15.8. The predicted molar refractivity (Wildman–Crippen MR) is 77.2 cm³/mol. The van der Waals surface area contributed by atoms with E-state index in [-0.39, 0.29) is 21.4 Å². The summed E-state index contributed by atoms with van der Waals surface area (Å²) in [6.45, 7) is 1.66. The summed E-state index contributed by atoms with van der Waals surface area (Å²) in [4.78, 5) is 14.7. The van der Waals surface area contributed by atoms with Crippen LogP contribution in [0.3, 0.4) is 0 Å². The van der Waals surface area contributed by atoms with Crippen molar-refractivity contribution in [2.24, 2.45) is 7.05 Å². The van der Waals surface area contributed by atoms with Gasteiger partial charge in [0, 0.05) is 7.05 Å². The topological polar surface area (TPSA) is 101 Å². The molecule has 0 radical (unpaired) electrons. The standard InChI is InChI=1S/C12H12ClN3O4S/c1-7-3-4-8(12(17)18)5-9(7)15-21(19,20)11-10(13)16(2)6-14-11/h3-6,15H,1-2H3,(H,17,18). The molecule has 0 spiro atoms. The van der Waals surface area contributed by atoms with Gasteiger partial charge >= 0.3 is 5.97 Å². The van der Waals surface area contributed by atoms with Gasteiger partial charge in [0.05, 0.1) is 17.6 Å². The Morgan fingerprint density at radius 1 is 1.43 bits per heavy atom. The van der Waals surface area contributed by atoms with Crippen LogP contribution in [0.5, 0.6) is 0 Å². The summed E-state index contributed by atoms with van der Waals surface area (Å²) in [6.07, 6.45) is 1.28. The summed E-state index contributed by atoms with van der Waals surface area (Å²) in [5, 5.41) is 8.60. The van der Waals surface area contributed by atoms with Gasteiger partial charge in [0.1, 0.15) is 5.15 Å². The van der Waals surface area contributed by atoms with Crippen molar-refractivity contribution in [3.63, 3.8) is 0 Å². The Bertz CT molecular complexity index is 814. The van der Waals surface area contributed by atoms with Crippen LogP contribution >= 0.6 is 11.6 Å². The van der Waals surface area contributed by atoms with Gasteiger partial charge in [0.2, 0.25) is 5.03 Å². The number of sulfonamides is 1. The number of aromatic nitrogens is 2. The fourth-order valence-electron chi connectivity index (χ4n) is 1.63. The number of nitrogens with one attached hydrogen (secondary N) is 1. The van der Waals surface area contributed by atoms with Crippen molar-refractivity contribution in [2.75, 3.05) is 4.72 Å². The Hall–Kier alpha value is -2.06. The molecule has 0 fully saturated rings. The first-order chi connectivity index (χ1) is 9.72. The summed E-state index contributed by atoms with van der Waals surface area (Å²) in [7, 11) is -2.43. The van der Waals surface area contributed by atoms with Crippen molar-refractivity contribution in [2.45, 2.75) is 11.9 Å². The lowest BCUT2D eigenvalue weighted by Gasteiger charge is -2.10. The van der Waals surface area contributed by atoms with Gasteiger partial charge in [-0.15, -0.1) is 0 Å². The predicted octanol–water partition coefficient (Wildman–Crippen LogP) is 1.88. The van der Waals surface area contributed by atoms with Gasteiger partial charge < -0.3 is 9.67 Å². The van der Waals surface area contributed by atoms with Crippen LogP contribution in [0.4, 0.5) is 5.69 Å². The molecule has 0 unspecified atom stereocenters. The van der Waals surface area contributed by atoms with Crippen molar-refractivity contribution < 1.29 is 18.3 Å². The number of hydrogen-bond donors (Lipinski definition) is 2. The molecule has 0 saturated carbocycles. The third-order valence-corrected chi connectivity index (χ3v) is 4.67. The lowest BCUT2D eigenvalue weighted by Crippen LogP contribution is -2.15. The zero-order valence-corrected chi connectivity index (χ0v) is 12.7. The van der Waals surface area contributed by atoms with Crippen molar-refractivity contribution >= 4 is 33.3 Å². The lowest BCUT2D eigenvalue weighted by molar-refractivity contribution is 0.0697. The van der Waals surface area contributed by atoms with E-state index in [1.54, 1.807) is 14.0 Å². The van der Waals surface area contributed by atoms with Crippen molar-refractivity contribution in [3.8, 4) is 0 Å². The van der Waals surface area contributed by atoms with Crippen LogP contribution in [0.25, 0.3) is 0 Å². The van der Waals surface area contributed by atoms with Crippen LogP contribution in [0.1, 0.15) is 15.9 Å². The molecule has 21 heavy (non-hydrogen) atoms. The molecular weight excluding hydrogens is 318 g/mol. The van der Waals surface area contributed by atoms with Crippen LogP contribution in [0, 0.1) is 6.92 Å². The Labute approximate surface area is 126 Å². The maximum absolute atomic E-state index is 12.3. The van der Waals surface area contributed by atoms with Crippen LogP contribution in [0.2, 0.25) is 5.15 Å². The van der Waals surface area contributed by atoms with Gasteiger partial charge in [-0.1, -0.05) is 17.7 Å². The first-order valence-corrected chi connectivity index (χ1v) is 7.62. The smallest absolute Gasteiger partial charge is 0.335 e. The average molecular weight is 330 g/mol. The fraction of sp³-hybridized carbons (Fsp3) is 0.167. The van der Waals surface area contributed by atoms with Crippen LogP contribution in [-0.2, 0) is 17.1 Å². The molecule has 0 aliphatic heterocycles. The summed E-state index contributed by atoms with van der Waals surface area (Å²) in [5.41, 5.74) is 0.720. The minimum Gasteiger partial charge on any atom is -0.478 e. The highest BCUT2D eigenvalue weighted by Crippen LogP contribution is 2.24. The minimum absolute atomic E-state index is 0.0228. The lowest BCUT2D eigenvalue weighted by atomic mass is 10.1. The number of anilines is 1. The Kier molecular flexibility index (Phi) is 3.93. The van der Waals surface area contributed by atoms with Crippen LogP contribution < -0.4 is 4.72 Å². The highest BCUT2D eigenvalue weighted by atomic mass is 35.5. The molecule has 0 atom stereocenters. The fourth-order valence-corrected chi connectivity index (χ4v) is 3.19. The maximum atomic E-state index is 12.3. The molecule has 0 amide bonds. The highest BCUT2D eigenvalue weighted by Gasteiger charge is 2.23. The number of carbonyl (C=O) groups is 1. The monoisotopic (exact) mass is 329 g/mol. The van der Waals surface area contributed by atoms with E-state index >= 15 is 0 Å². The van der Waals surface area contributed by atoms with E-state index in [1.165, 1.54) is 29.1 Å². The number of benzene rings is 1. The number of rotatable bonds is 4. The number of aryl methyl sites for hydroxylation is 2. The van der Waals surface area contributed by atoms with Crippen LogP contribution in [0.15, 0.2) is 29.6 Å². The van der Waals surface area contributed by atoms with E-state index in [9.17, 15) is 13.2 Å². The molecule has 0 aliphatic rings. The van der Waals surface area contributed by atoms with Crippen molar-refractivity contribution in [1.82, 2.24) is 9.55 Å². The highest BCUT2D eigenvalue weighted by molar-refractivity contribution is 7.92. The summed E-state index contributed by atoms with van der Waals surface area (Å²) < 4.78 is 28.2. The molecule has 2 N–H and O–H groups in total. The maximum Gasteiger partial charge on any atom is 0.335 e. The molecule has 1 heterocycles. The number of aromatic carboxylic acids is 1. The summed E-state index contributed by atoms with van der Waals surface area (Å²) >= 11 is 5.87. The number of carboxylic acids is 1. The average Bonchev–Trinajstić information content (AvgIpc) is 2.73. The number of carboxylic acid groups (broad SMARTS) is 1. The number of imidazole rings is 1. The van der Waals surface area contributed by atoms with E-state index in [0.717, 1.165) is 0 Å². The normalized spacial score (nSPS) is 11.4. The Morgan fingerprint density at radius 2 is 2.10 bits per heavy atom. The van der Waals surface area contributed by atoms with Gasteiger partial charge in [-0.2, -0.15) is 8.42 Å². The SMILES string of the molecule is Cc1ccc(C(=O)O)cc1NS(=O)(=O)c1ncn(C)c1Cl. The van der Waals surface area contributed by atoms with E-state index in [4.69, 9.17) is 16.7 Å². The van der Waals surface area contributed by atoms with Gasteiger partial charge in [-0.25, -0.2) is 9.78 Å². The largest absolute Gasteiger partial charge is 0.478 e. The summed E-state index contributed by atoms with van der Waals surface area (Å²) in [6, 6.07) is 4.15. The van der Waals surface area contributed by atoms with Crippen molar-refractivity contribution in [1.29, 1.82) is 0 Å². The van der Waals surface area contributed by atoms with Crippen LogP contribution in [-0.4, -0.2) is 29.0 Å². The Balaban J connectivity index is 2.44.